The Morgan fingerprint density at radius 1 is 1.59 bits per heavy atom. The number of hydrogen-bond acceptors (Lipinski definition) is 3. The van der Waals surface area contributed by atoms with Crippen LogP contribution in [0.1, 0.15) is 12.0 Å². The maximum atomic E-state index is 12.9. The summed E-state index contributed by atoms with van der Waals surface area (Å²) in [6.07, 6.45) is 1.93. The average molecular weight is 275 g/mol. The molecule has 0 aromatic heterocycles. The summed E-state index contributed by atoms with van der Waals surface area (Å²) in [6.45, 7) is 0. The zero-order valence-corrected chi connectivity index (χ0v) is 11.0. The van der Waals surface area contributed by atoms with E-state index in [4.69, 9.17) is 17.4 Å². The van der Waals surface area contributed by atoms with Crippen molar-refractivity contribution in [3.05, 3.63) is 34.6 Å². The summed E-state index contributed by atoms with van der Waals surface area (Å²) in [5.74, 6) is 8.21. The summed E-state index contributed by atoms with van der Waals surface area (Å²) < 4.78 is 12.9. The maximum absolute atomic E-state index is 12.9. The molecule has 3 N–H and O–H groups in total. The zero-order valence-electron chi connectivity index (χ0n) is 9.46. The minimum Gasteiger partial charge on any atom is -0.271 e. The van der Waals surface area contributed by atoms with E-state index in [-0.39, 0.29) is 11.9 Å². The number of benzene rings is 1. The predicted octanol–water partition coefficient (Wildman–Crippen LogP) is 2.61. The van der Waals surface area contributed by atoms with Gasteiger partial charge in [0.1, 0.15) is 5.82 Å². The number of hydrogen-bond donors (Lipinski definition) is 2. The van der Waals surface area contributed by atoms with E-state index in [1.54, 1.807) is 6.07 Å². The van der Waals surface area contributed by atoms with Gasteiger partial charge in [-0.2, -0.15) is 11.8 Å². The van der Waals surface area contributed by atoms with Crippen LogP contribution in [0.25, 0.3) is 0 Å². The first-order chi connectivity index (χ1) is 8.20. The lowest BCUT2D eigenvalue weighted by Crippen LogP contribution is -2.42. The molecule has 2 rings (SSSR count). The quantitative estimate of drug-likeness (QED) is 0.655. The molecule has 5 heteroatoms. The van der Waals surface area contributed by atoms with Crippen molar-refractivity contribution in [1.29, 1.82) is 0 Å². The average Bonchev–Trinajstić information content (AvgIpc) is 2.81. The van der Waals surface area contributed by atoms with Crippen LogP contribution in [0.5, 0.6) is 0 Å². The highest BCUT2D eigenvalue weighted by Crippen LogP contribution is 2.29. The highest BCUT2D eigenvalue weighted by atomic mass is 35.5. The first-order valence-corrected chi connectivity index (χ1v) is 7.21. The molecule has 0 bridgehead atoms. The fraction of sp³-hybridized carbons (Fsp3) is 0.500. The molecule has 0 spiro atoms. The van der Waals surface area contributed by atoms with Crippen molar-refractivity contribution < 1.29 is 4.39 Å². The van der Waals surface area contributed by atoms with Crippen LogP contribution in [0.4, 0.5) is 4.39 Å². The van der Waals surface area contributed by atoms with Crippen LogP contribution in [0, 0.1) is 11.7 Å². The van der Waals surface area contributed by atoms with Crippen molar-refractivity contribution in [2.24, 2.45) is 11.8 Å². The van der Waals surface area contributed by atoms with Crippen LogP contribution in [0.15, 0.2) is 18.2 Å². The monoisotopic (exact) mass is 274 g/mol. The third-order valence-corrected chi connectivity index (χ3v) is 4.74. The van der Waals surface area contributed by atoms with Gasteiger partial charge in [-0.05, 0) is 48.0 Å². The minimum absolute atomic E-state index is 0.216. The molecule has 2 atom stereocenters. The van der Waals surface area contributed by atoms with Crippen LogP contribution in [0.2, 0.25) is 5.02 Å². The van der Waals surface area contributed by atoms with Gasteiger partial charge in [0, 0.05) is 11.1 Å². The van der Waals surface area contributed by atoms with Crippen LogP contribution >= 0.6 is 23.4 Å². The lowest BCUT2D eigenvalue weighted by atomic mass is 9.93. The Kier molecular flexibility index (Phi) is 4.68. The third-order valence-electron chi connectivity index (χ3n) is 3.20. The molecule has 1 heterocycles. The number of thioether (sulfide) groups is 1. The second kappa shape index (κ2) is 6.05. The lowest BCUT2D eigenvalue weighted by molar-refractivity contribution is 0.386. The fourth-order valence-electron chi connectivity index (χ4n) is 2.16. The Labute approximate surface area is 110 Å². The van der Waals surface area contributed by atoms with Crippen molar-refractivity contribution in [2.75, 3.05) is 11.5 Å². The Balaban J connectivity index is 2.06. The van der Waals surface area contributed by atoms with Gasteiger partial charge in [0.25, 0.3) is 0 Å². The minimum atomic E-state index is -0.299. The van der Waals surface area contributed by atoms with Crippen LogP contribution < -0.4 is 11.3 Å². The summed E-state index contributed by atoms with van der Waals surface area (Å²) in [7, 11) is 0. The van der Waals surface area contributed by atoms with Crippen molar-refractivity contribution in [3.8, 4) is 0 Å². The van der Waals surface area contributed by atoms with Gasteiger partial charge in [0.15, 0.2) is 0 Å². The first-order valence-electron chi connectivity index (χ1n) is 5.68. The molecule has 0 radical (unpaired) electrons. The Bertz CT molecular complexity index is 383. The smallest absolute Gasteiger partial charge is 0.124 e. The van der Waals surface area contributed by atoms with E-state index in [1.165, 1.54) is 24.3 Å². The molecule has 1 aliphatic heterocycles. The first kappa shape index (κ1) is 13.1. The second-order valence-electron chi connectivity index (χ2n) is 4.34. The van der Waals surface area contributed by atoms with Crippen molar-refractivity contribution in [3.63, 3.8) is 0 Å². The summed E-state index contributed by atoms with van der Waals surface area (Å²) in [6, 6.07) is 4.75. The van der Waals surface area contributed by atoms with E-state index in [0.717, 1.165) is 17.7 Å². The van der Waals surface area contributed by atoms with Crippen LogP contribution in [-0.2, 0) is 6.42 Å². The number of nitrogens with one attached hydrogen (secondary N) is 1. The molecule has 0 aliphatic carbocycles. The molecule has 0 saturated carbocycles. The van der Waals surface area contributed by atoms with Crippen molar-refractivity contribution >= 4 is 23.4 Å². The summed E-state index contributed by atoms with van der Waals surface area (Å²) >= 11 is 7.98. The van der Waals surface area contributed by atoms with Gasteiger partial charge in [0.05, 0.1) is 0 Å². The van der Waals surface area contributed by atoms with Gasteiger partial charge in [-0.25, -0.2) is 4.39 Å². The largest absolute Gasteiger partial charge is 0.271 e. The van der Waals surface area contributed by atoms with Gasteiger partial charge in [-0.3, -0.25) is 11.3 Å². The van der Waals surface area contributed by atoms with E-state index >= 15 is 0 Å². The van der Waals surface area contributed by atoms with Crippen LogP contribution in [-0.4, -0.2) is 17.5 Å². The summed E-state index contributed by atoms with van der Waals surface area (Å²) in [4.78, 5) is 0. The number of rotatable bonds is 4. The Hall–Kier alpha value is -0.290. The molecule has 0 amide bonds. The molecule has 2 nitrogen and oxygen atoms in total. The molecule has 17 heavy (non-hydrogen) atoms. The van der Waals surface area contributed by atoms with Gasteiger partial charge < -0.3 is 0 Å². The lowest BCUT2D eigenvalue weighted by Gasteiger charge is -2.22. The zero-order chi connectivity index (χ0) is 12.3. The number of nitrogens with two attached hydrogens (primary N) is 1. The van der Waals surface area contributed by atoms with E-state index in [0.29, 0.717) is 10.9 Å². The maximum Gasteiger partial charge on any atom is 0.124 e. The van der Waals surface area contributed by atoms with Gasteiger partial charge in [-0.1, -0.05) is 17.7 Å². The van der Waals surface area contributed by atoms with E-state index in [1.807, 2.05) is 11.8 Å². The van der Waals surface area contributed by atoms with Crippen molar-refractivity contribution in [1.82, 2.24) is 5.43 Å². The molecule has 1 aromatic rings. The predicted molar refractivity (Wildman–Crippen MR) is 71.7 cm³/mol. The highest BCUT2D eigenvalue weighted by molar-refractivity contribution is 7.99. The van der Waals surface area contributed by atoms with Gasteiger partial charge in [0.2, 0.25) is 0 Å². The fourth-order valence-corrected chi connectivity index (χ4v) is 3.74. The normalized spacial score (nSPS) is 21.7. The van der Waals surface area contributed by atoms with Gasteiger partial charge in [-0.15, -0.1) is 0 Å². The topological polar surface area (TPSA) is 38.0 Å². The molecule has 1 aliphatic rings. The molecule has 1 aromatic carbocycles. The van der Waals surface area contributed by atoms with Crippen LogP contribution in [0.3, 0.4) is 0 Å². The highest BCUT2D eigenvalue weighted by Gasteiger charge is 2.25. The molecule has 1 saturated heterocycles. The standard InChI is InChI=1S/C12H16ClFN2S/c13-11-6-10(14)2-1-8(11)5-12(16-15)9-3-4-17-7-9/h1-2,6,9,12,16H,3-5,7,15H2. The number of halogens is 2. The van der Waals surface area contributed by atoms with E-state index < -0.39 is 0 Å². The van der Waals surface area contributed by atoms with E-state index in [2.05, 4.69) is 5.43 Å². The van der Waals surface area contributed by atoms with Crippen molar-refractivity contribution in [2.45, 2.75) is 18.9 Å². The second-order valence-corrected chi connectivity index (χ2v) is 5.89. The SMILES string of the molecule is NNC(Cc1ccc(F)cc1Cl)C1CCSC1. The van der Waals surface area contributed by atoms with Gasteiger partial charge >= 0.3 is 0 Å². The van der Waals surface area contributed by atoms with E-state index in [9.17, 15) is 4.39 Å². The molecule has 94 valence electrons. The molecule has 1 fully saturated rings. The number of hydrazine groups is 1. The Morgan fingerprint density at radius 2 is 2.41 bits per heavy atom. The third kappa shape index (κ3) is 3.35. The Morgan fingerprint density at radius 3 is 3.00 bits per heavy atom. The molecular weight excluding hydrogens is 259 g/mol. The summed E-state index contributed by atoms with van der Waals surface area (Å²) in [5, 5.41) is 0.482. The molecule has 2 unspecified atom stereocenters. The molecular formula is C12H16ClFN2S. The summed E-state index contributed by atoms with van der Waals surface area (Å²) in [5.41, 5.74) is 3.82.